The molecule has 0 heterocycles. The zero-order valence-corrected chi connectivity index (χ0v) is 25.2. The van der Waals surface area contributed by atoms with Crippen LogP contribution in [0.5, 0.6) is 0 Å². The third-order valence-electron chi connectivity index (χ3n) is 5.59. The molecule has 0 aliphatic heterocycles. The SMILES string of the molecule is Nc1ccccc1C(=O)[O][Pb]([O]C(=O)c1ccccc1N)([O]C(=O)c1ccccc1N)[O]C(=O)c1ccccc1N. The molecular formula is C28H24N4O8Pb. The summed E-state index contributed by atoms with van der Waals surface area (Å²) in [6, 6.07) is 23.2. The van der Waals surface area contributed by atoms with E-state index in [1.165, 1.54) is 72.8 Å². The van der Waals surface area contributed by atoms with Crippen LogP contribution in [-0.4, -0.2) is 46.9 Å². The van der Waals surface area contributed by atoms with Gasteiger partial charge in [0.2, 0.25) is 0 Å². The predicted octanol–water partition coefficient (Wildman–Crippen LogP) is 3.18. The van der Waals surface area contributed by atoms with E-state index in [0.29, 0.717) is 0 Å². The first-order chi connectivity index (χ1) is 19.6. The predicted molar refractivity (Wildman–Crippen MR) is 151 cm³/mol. The van der Waals surface area contributed by atoms with Crippen molar-refractivity contribution >= 4 is 69.6 Å². The standard InChI is InChI=1S/4C7H7NO2.Pb/c4*8-6-4-2-1-3-5(6)7(9)10;/h4*1-4H,8H2,(H,9,10);/q;;;;+4/p-4. The third-order valence-corrected chi connectivity index (χ3v) is 12.4. The Kier molecular flexibility index (Phi) is 8.72. The fraction of sp³-hybridized carbons (Fsp3) is 0. The summed E-state index contributed by atoms with van der Waals surface area (Å²) in [4.78, 5) is 53.4. The molecule has 8 N–H and O–H groups in total. The van der Waals surface area contributed by atoms with Crippen LogP contribution in [0.25, 0.3) is 0 Å². The zero-order valence-electron chi connectivity index (χ0n) is 21.3. The number of carbonyl (C=O) groups excluding carboxylic acids is 4. The monoisotopic (exact) mass is 752 g/mol. The fourth-order valence-electron chi connectivity index (χ4n) is 3.53. The summed E-state index contributed by atoms with van der Waals surface area (Å²) in [6.45, 7) is 0. The first-order valence-electron chi connectivity index (χ1n) is 11.9. The molecule has 0 saturated heterocycles. The number of carbonyl (C=O) groups is 4. The molecule has 0 aromatic heterocycles. The Labute approximate surface area is 241 Å². The molecule has 0 aliphatic carbocycles. The Morgan fingerprint density at radius 3 is 0.780 bits per heavy atom. The van der Waals surface area contributed by atoms with E-state index in [1.54, 1.807) is 24.3 Å². The van der Waals surface area contributed by atoms with E-state index < -0.39 is 46.9 Å². The molecule has 0 radical (unpaired) electrons. The molecule has 0 bridgehead atoms. The second kappa shape index (κ2) is 12.4. The Morgan fingerprint density at radius 1 is 0.390 bits per heavy atom. The summed E-state index contributed by atoms with van der Waals surface area (Å²) < 4.78 is 22.2. The first-order valence-corrected chi connectivity index (χ1v) is 18.3. The van der Waals surface area contributed by atoms with Crippen LogP contribution in [0.15, 0.2) is 97.1 Å². The second-order valence-electron chi connectivity index (χ2n) is 8.41. The van der Waals surface area contributed by atoms with Crippen LogP contribution in [0.3, 0.4) is 0 Å². The molecule has 41 heavy (non-hydrogen) atoms. The normalized spacial score (nSPS) is 10.7. The van der Waals surface area contributed by atoms with Gasteiger partial charge in [-0.25, -0.2) is 0 Å². The third kappa shape index (κ3) is 6.73. The van der Waals surface area contributed by atoms with Crippen molar-refractivity contribution in [3.63, 3.8) is 0 Å². The number of benzene rings is 4. The molecule has 4 aromatic rings. The Balaban J connectivity index is 1.84. The van der Waals surface area contributed by atoms with Crippen LogP contribution in [0, 0.1) is 0 Å². The van der Waals surface area contributed by atoms with Crippen LogP contribution in [-0.2, 0) is 10.7 Å². The number of hydrogen-bond acceptors (Lipinski definition) is 12. The zero-order chi connectivity index (χ0) is 29.6. The van der Waals surface area contributed by atoms with Gasteiger partial charge in [-0.3, -0.25) is 0 Å². The van der Waals surface area contributed by atoms with Crippen molar-refractivity contribution in [2.75, 3.05) is 22.9 Å². The molecule has 4 aromatic carbocycles. The summed E-state index contributed by atoms with van der Waals surface area (Å²) >= 11 is -6.72. The van der Waals surface area contributed by atoms with Gasteiger partial charge in [-0.15, -0.1) is 0 Å². The van der Waals surface area contributed by atoms with E-state index in [9.17, 15) is 19.2 Å². The van der Waals surface area contributed by atoms with Crippen LogP contribution in [0.2, 0.25) is 0 Å². The molecular weight excluding hydrogens is 728 g/mol. The van der Waals surface area contributed by atoms with Crippen molar-refractivity contribution in [1.29, 1.82) is 0 Å². The van der Waals surface area contributed by atoms with Crippen molar-refractivity contribution in [2.24, 2.45) is 0 Å². The molecule has 0 spiro atoms. The second-order valence-corrected chi connectivity index (χ2v) is 15.5. The van der Waals surface area contributed by atoms with Gasteiger partial charge in [0.25, 0.3) is 0 Å². The average Bonchev–Trinajstić information content (AvgIpc) is 2.93. The van der Waals surface area contributed by atoms with Gasteiger partial charge in [0.05, 0.1) is 0 Å². The molecule has 208 valence electrons. The van der Waals surface area contributed by atoms with Gasteiger partial charge >= 0.3 is 242 Å². The average molecular weight is 752 g/mol. The van der Waals surface area contributed by atoms with Gasteiger partial charge < -0.3 is 0 Å². The first kappa shape index (κ1) is 28.9. The van der Waals surface area contributed by atoms with E-state index in [4.69, 9.17) is 33.7 Å². The molecule has 4 rings (SSSR count). The molecule has 0 atom stereocenters. The van der Waals surface area contributed by atoms with Gasteiger partial charge in [-0.1, -0.05) is 0 Å². The van der Waals surface area contributed by atoms with Gasteiger partial charge in [0, 0.05) is 0 Å². The Morgan fingerprint density at radius 2 is 0.585 bits per heavy atom. The topological polar surface area (TPSA) is 209 Å². The summed E-state index contributed by atoms with van der Waals surface area (Å²) in [7, 11) is 0. The molecule has 0 fully saturated rings. The minimum atomic E-state index is -6.72. The van der Waals surface area contributed by atoms with Gasteiger partial charge in [0.1, 0.15) is 0 Å². The minimum absolute atomic E-state index is 0.00399. The number of hydrogen-bond donors (Lipinski definition) is 4. The van der Waals surface area contributed by atoms with Crippen molar-refractivity contribution < 1.29 is 29.9 Å². The maximum atomic E-state index is 13.3. The number of para-hydroxylation sites is 4. The Bertz CT molecular complexity index is 1400. The summed E-state index contributed by atoms with van der Waals surface area (Å²) in [5.74, 6) is -4.72. The van der Waals surface area contributed by atoms with E-state index >= 15 is 0 Å². The van der Waals surface area contributed by atoms with Crippen molar-refractivity contribution in [3.05, 3.63) is 119 Å². The van der Waals surface area contributed by atoms with Gasteiger partial charge in [0.15, 0.2) is 0 Å². The molecule has 0 saturated carbocycles. The molecule has 13 heteroatoms. The van der Waals surface area contributed by atoms with E-state index in [-0.39, 0.29) is 45.0 Å². The molecule has 0 amide bonds. The van der Waals surface area contributed by atoms with E-state index in [0.717, 1.165) is 0 Å². The maximum absolute atomic E-state index is 13.3. The van der Waals surface area contributed by atoms with Crippen molar-refractivity contribution in [1.82, 2.24) is 0 Å². The van der Waals surface area contributed by atoms with Gasteiger partial charge in [-0.05, 0) is 0 Å². The van der Waals surface area contributed by atoms with Crippen molar-refractivity contribution in [2.45, 2.75) is 0 Å². The summed E-state index contributed by atoms with van der Waals surface area (Å²) in [6.07, 6.45) is 0. The van der Waals surface area contributed by atoms with Crippen LogP contribution < -0.4 is 22.9 Å². The van der Waals surface area contributed by atoms with Crippen molar-refractivity contribution in [3.8, 4) is 0 Å². The van der Waals surface area contributed by atoms with Crippen LogP contribution in [0.1, 0.15) is 41.4 Å². The van der Waals surface area contributed by atoms with E-state index in [1.807, 2.05) is 0 Å². The summed E-state index contributed by atoms with van der Waals surface area (Å²) in [5, 5.41) is 0. The summed E-state index contributed by atoms with van der Waals surface area (Å²) in [5.41, 5.74) is 23.0. The van der Waals surface area contributed by atoms with Crippen LogP contribution in [0.4, 0.5) is 22.7 Å². The quantitative estimate of drug-likeness (QED) is 0.151. The molecule has 0 aliphatic rings. The number of rotatable bonds is 8. The number of nitrogens with two attached hydrogens (primary N) is 4. The number of anilines is 4. The number of nitrogen functional groups attached to an aromatic ring is 4. The van der Waals surface area contributed by atoms with Crippen LogP contribution >= 0.6 is 0 Å². The fourth-order valence-corrected chi connectivity index (χ4v) is 9.74. The molecule has 0 unspecified atom stereocenters. The Hall–Kier alpha value is -5.12. The van der Waals surface area contributed by atoms with Gasteiger partial charge in [-0.2, -0.15) is 0 Å². The molecule has 12 nitrogen and oxygen atoms in total. The van der Waals surface area contributed by atoms with E-state index in [2.05, 4.69) is 0 Å².